The number of rotatable bonds is 6. The van der Waals surface area contributed by atoms with Crippen molar-refractivity contribution in [1.29, 1.82) is 5.26 Å². The molecule has 0 aliphatic heterocycles. The highest BCUT2D eigenvalue weighted by molar-refractivity contribution is 7.99. The molecule has 1 heterocycles. The van der Waals surface area contributed by atoms with Crippen LogP contribution in [-0.2, 0) is 6.42 Å². The maximum Gasteiger partial charge on any atom is 0.105 e. The zero-order chi connectivity index (χ0) is 14.4. The number of hydrogen-bond acceptors (Lipinski definition) is 4. The van der Waals surface area contributed by atoms with E-state index in [1.807, 2.05) is 30.3 Å². The highest BCUT2D eigenvalue weighted by Gasteiger charge is 2.11. The van der Waals surface area contributed by atoms with E-state index < -0.39 is 0 Å². The summed E-state index contributed by atoms with van der Waals surface area (Å²) in [5, 5.41) is 12.8. The Bertz CT molecular complexity index is 587. The van der Waals surface area contributed by atoms with Crippen LogP contribution in [-0.4, -0.2) is 11.8 Å². The molecule has 0 saturated heterocycles. The standard InChI is InChI=1S/C16H18N2OS/c1-3-20-16-8-4-7-15(14(16)11-17)18-12(2)10-13-6-5-9-19-13/h4-9,12,18H,3,10H2,1-2H3. The van der Waals surface area contributed by atoms with Gasteiger partial charge in [0.25, 0.3) is 0 Å². The number of hydrogen-bond donors (Lipinski definition) is 1. The number of furan rings is 1. The first-order valence-corrected chi connectivity index (χ1v) is 7.68. The van der Waals surface area contributed by atoms with Crippen molar-refractivity contribution >= 4 is 17.4 Å². The lowest BCUT2D eigenvalue weighted by Crippen LogP contribution is -2.18. The van der Waals surface area contributed by atoms with Crippen LogP contribution in [0.15, 0.2) is 45.9 Å². The topological polar surface area (TPSA) is 49.0 Å². The van der Waals surface area contributed by atoms with Crippen molar-refractivity contribution in [2.45, 2.75) is 31.2 Å². The Kier molecular flexibility index (Phi) is 5.14. The lowest BCUT2D eigenvalue weighted by molar-refractivity contribution is 0.498. The quantitative estimate of drug-likeness (QED) is 0.804. The SMILES string of the molecule is CCSc1cccc(NC(C)Cc2ccco2)c1C#N. The van der Waals surface area contributed by atoms with E-state index in [2.05, 4.69) is 25.2 Å². The van der Waals surface area contributed by atoms with Gasteiger partial charge < -0.3 is 9.73 Å². The van der Waals surface area contributed by atoms with Gasteiger partial charge in [0.2, 0.25) is 0 Å². The first kappa shape index (κ1) is 14.5. The Morgan fingerprint density at radius 2 is 2.20 bits per heavy atom. The van der Waals surface area contributed by atoms with E-state index >= 15 is 0 Å². The molecule has 3 nitrogen and oxygen atoms in total. The number of thioether (sulfide) groups is 1. The zero-order valence-electron chi connectivity index (χ0n) is 11.7. The maximum atomic E-state index is 9.37. The van der Waals surface area contributed by atoms with E-state index in [1.54, 1.807) is 18.0 Å². The summed E-state index contributed by atoms with van der Waals surface area (Å²) >= 11 is 1.69. The summed E-state index contributed by atoms with van der Waals surface area (Å²) in [4.78, 5) is 1.03. The molecule has 0 aliphatic rings. The fraction of sp³-hybridized carbons (Fsp3) is 0.312. The number of benzene rings is 1. The Balaban J connectivity index is 2.12. The molecule has 104 valence electrons. The number of nitrogens with zero attached hydrogens (tertiary/aromatic N) is 1. The van der Waals surface area contributed by atoms with E-state index in [9.17, 15) is 5.26 Å². The summed E-state index contributed by atoms with van der Waals surface area (Å²) in [7, 11) is 0. The van der Waals surface area contributed by atoms with Crippen molar-refractivity contribution in [3.63, 3.8) is 0 Å². The van der Waals surface area contributed by atoms with Gasteiger partial charge in [0.15, 0.2) is 0 Å². The normalized spacial score (nSPS) is 11.8. The molecule has 1 N–H and O–H groups in total. The van der Waals surface area contributed by atoms with Crippen LogP contribution < -0.4 is 5.32 Å². The van der Waals surface area contributed by atoms with Gasteiger partial charge in [-0.1, -0.05) is 13.0 Å². The summed E-state index contributed by atoms with van der Waals surface area (Å²) in [6.07, 6.45) is 2.48. The molecule has 0 spiro atoms. The largest absolute Gasteiger partial charge is 0.469 e. The van der Waals surface area contributed by atoms with Crippen LogP contribution in [0.4, 0.5) is 5.69 Å². The van der Waals surface area contributed by atoms with Crippen molar-refractivity contribution in [2.24, 2.45) is 0 Å². The minimum Gasteiger partial charge on any atom is -0.469 e. The third-order valence-corrected chi connectivity index (χ3v) is 3.87. The second-order valence-electron chi connectivity index (χ2n) is 4.55. The van der Waals surface area contributed by atoms with E-state index in [-0.39, 0.29) is 6.04 Å². The predicted octanol–water partition coefficient (Wildman–Crippen LogP) is 4.31. The van der Waals surface area contributed by atoms with Gasteiger partial charge in [-0.2, -0.15) is 5.26 Å². The Labute approximate surface area is 124 Å². The molecule has 1 atom stereocenters. The van der Waals surface area contributed by atoms with Crippen LogP contribution >= 0.6 is 11.8 Å². The van der Waals surface area contributed by atoms with Crippen LogP contribution in [0.5, 0.6) is 0 Å². The van der Waals surface area contributed by atoms with E-state index in [4.69, 9.17) is 4.42 Å². The molecule has 4 heteroatoms. The minimum atomic E-state index is 0.204. The molecule has 0 fully saturated rings. The van der Waals surface area contributed by atoms with Gasteiger partial charge in [-0.3, -0.25) is 0 Å². The number of nitriles is 1. The second-order valence-corrected chi connectivity index (χ2v) is 5.86. The van der Waals surface area contributed by atoms with Gasteiger partial charge in [0.05, 0.1) is 17.5 Å². The monoisotopic (exact) mass is 286 g/mol. The van der Waals surface area contributed by atoms with Crippen molar-refractivity contribution in [3.05, 3.63) is 47.9 Å². The average Bonchev–Trinajstić information content (AvgIpc) is 2.92. The summed E-state index contributed by atoms with van der Waals surface area (Å²) in [6.45, 7) is 4.18. The molecule has 2 rings (SSSR count). The van der Waals surface area contributed by atoms with Crippen LogP contribution in [0.2, 0.25) is 0 Å². The number of anilines is 1. The molecular formula is C16H18N2OS. The van der Waals surface area contributed by atoms with Gasteiger partial charge in [0.1, 0.15) is 11.8 Å². The van der Waals surface area contributed by atoms with Gasteiger partial charge in [-0.05, 0) is 36.9 Å². The molecule has 0 bridgehead atoms. The summed E-state index contributed by atoms with van der Waals surface area (Å²) < 4.78 is 5.35. The molecule has 2 aromatic rings. The molecule has 1 aromatic heterocycles. The van der Waals surface area contributed by atoms with E-state index in [0.29, 0.717) is 0 Å². The predicted molar refractivity (Wildman–Crippen MR) is 83.1 cm³/mol. The molecule has 0 radical (unpaired) electrons. The van der Waals surface area contributed by atoms with Gasteiger partial charge in [-0.15, -0.1) is 11.8 Å². The Hall–Kier alpha value is -1.86. The molecular weight excluding hydrogens is 268 g/mol. The van der Waals surface area contributed by atoms with E-state index in [1.165, 1.54) is 0 Å². The van der Waals surface area contributed by atoms with Crippen molar-refractivity contribution < 1.29 is 4.42 Å². The molecule has 20 heavy (non-hydrogen) atoms. The summed E-state index contributed by atoms with van der Waals surface area (Å²) in [6, 6.07) is 12.3. The minimum absolute atomic E-state index is 0.204. The summed E-state index contributed by atoms with van der Waals surface area (Å²) in [5.74, 6) is 1.91. The third-order valence-electron chi connectivity index (χ3n) is 2.93. The molecule has 1 unspecified atom stereocenters. The highest BCUT2D eigenvalue weighted by Crippen LogP contribution is 2.28. The molecule has 0 saturated carbocycles. The highest BCUT2D eigenvalue weighted by atomic mass is 32.2. The first-order valence-electron chi connectivity index (χ1n) is 6.69. The van der Waals surface area contributed by atoms with Crippen molar-refractivity contribution in [2.75, 3.05) is 11.1 Å². The lowest BCUT2D eigenvalue weighted by atomic mass is 10.1. The maximum absolute atomic E-state index is 9.37. The van der Waals surface area contributed by atoms with Crippen LogP contribution in [0.25, 0.3) is 0 Å². The molecule has 0 amide bonds. The molecule has 0 aliphatic carbocycles. The van der Waals surface area contributed by atoms with E-state index in [0.717, 1.165) is 34.1 Å². The van der Waals surface area contributed by atoms with Crippen molar-refractivity contribution in [3.8, 4) is 6.07 Å². The first-order chi connectivity index (χ1) is 9.74. The van der Waals surface area contributed by atoms with Gasteiger partial charge >= 0.3 is 0 Å². The molecule has 1 aromatic carbocycles. The second kappa shape index (κ2) is 7.06. The average molecular weight is 286 g/mol. The van der Waals surface area contributed by atoms with Crippen LogP contribution in [0.3, 0.4) is 0 Å². The fourth-order valence-electron chi connectivity index (χ4n) is 2.09. The number of nitrogens with one attached hydrogen (secondary N) is 1. The Morgan fingerprint density at radius 3 is 2.85 bits per heavy atom. The summed E-state index contributed by atoms with van der Waals surface area (Å²) in [5.41, 5.74) is 1.62. The Morgan fingerprint density at radius 1 is 1.35 bits per heavy atom. The fourth-order valence-corrected chi connectivity index (χ4v) is 2.88. The van der Waals surface area contributed by atoms with Gasteiger partial charge in [0, 0.05) is 17.4 Å². The van der Waals surface area contributed by atoms with Crippen LogP contribution in [0.1, 0.15) is 25.2 Å². The zero-order valence-corrected chi connectivity index (χ0v) is 12.5. The van der Waals surface area contributed by atoms with Gasteiger partial charge in [-0.25, -0.2) is 0 Å². The van der Waals surface area contributed by atoms with Crippen LogP contribution in [0, 0.1) is 11.3 Å². The smallest absolute Gasteiger partial charge is 0.105 e. The lowest BCUT2D eigenvalue weighted by Gasteiger charge is -2.16. The third kappa shape index (κ3) is 3.58. The van der Waals surface area contributed by atoms with Crippen molar-refractivity contribution in [1.82, 2.24) is 0 Å².